The molecule has 0 amide bonds. The number of sulfone groups is 1. The standard InChI is InChI=1S/C22H29NO6S/c1-17-20(10-14-28-17)30(26,27)22(2,21(24)25)16-18-8-4-5-9-19(18)29-15-13-23-11-6-3-7-12-23/h4-5,8-10,14H,3,6-7,11-13,15-16H2,1-2H3,(H,24,25). The van der Waals surface area contributed by atoms with Crippen molar-refractivity contribution in [2.45, 2.75) is 49.2 Å². The Morgan fingerprint density at radius 1 is 1.20 bits per heavy atom. The number of carboxylic acids is 1. The Bertz CT molecular complexity index is 977. The molecule has 8 heteroatoms. The summed E-state index contributed by atoms with van der Waals surface area (Å²) in [5, 5.41) is 9.90. The lowest BCUT2D eigenvalue weighted by molar-refractivity contribution is -0.139. The van der Waals surface area contributed by atoms with E-state index in [1.165, 1.54) is 45.4 Å². The predicted molar refractivity (Wildman–Crippen MR) is 113 cm³/mol. The molecule has 1 unspecified atom stereocenters. The summed E-state index contributed by atoms with van der Waals surface area (Å²) < 4.78 is 35.4. The average Bonchev–Trinajstić information content (AvgIpc) is 3.16. The second-order valence-electron chi connectivity index (χ2n) is 7.92. The van der Waals surface area contributed by atoms with Gasteiger partial charge in [0.15, 0.2) is 14.6 Å². The average molecular weight is 436 g/mol. The van der Waals surface area contributed by atoms with Gasteiger partial charge in [-0.05, 0) is 57.5 Å². The number of hydrogen-bond acceptors (Lipinski definition) is 6. The number of furan rings is 1. The van der Waals surface area contributed by atoms with Crippen molar-refractivity contribution in [2.24, 2.45) is 0 Å². The fourth-order valence-electron chi connectivity index (χ4n) is 3.80. The molecule has 2 aromatic rings. The van der Waals surface area contributed by atoms with Crippen LogP contribution >= 0.6 is 0 Å². The lowest BCUT2D eigenvalue weighted by Gasteiger charge is -2.27. The van der Waals surface area contributed by atoms with E-state index >= 15 is 0 Å². The van der Waals surface area contributed by atoms with Crippen molar-refractivity contribution in [3.8, 4) is 5.75 Å². The number of nitrogens with zero attached hydrogens (tertiary/aromatic N) is 1. The first kappa shape index (κ1) is 22.4. The number of benzene rings is 1. The Morgan fingerprint density at radius 3 is 2.53 bits per heavy atom. The van der Waals surface area contributed by atoms with E-state index < -0.39 is 20.6 Å². The molecule has 1 saturated heterocycles. The number of carboxylic acid groups (broad SMARTS) is 1. The zero-order valence-electron chi connectivity index (χ0n) is 17.5. The van der Waals surface area contributed by atoms with Crippen molar-refractivity contribution in [3.05, 3.63) is 47.9 Å². The van der Waals surface area contributed by atoms with E-state index in [9.17, 15) is 18.3 Å². The van der Waals surface area contributed by atoms with Crippen LogP contribution in [0.5, 0.6) is 5.75 Å². The molecular weight excluding hydrogens is 406 g/mol. The van der Waals surface area contributed by atoms with Crippen molar-refractivity contribution in [2.75, 3.05) is 26.2 Å². The van der Waals surface area contributed by atoms with Crippen LogP contribution in [0, 0.1) is 6.92 Å². The van der Waals surface area contributed by atoms with Crippen molar-refractivity contribution < 1.29 is 27.5 Å². The predicted octanol–water partition coefficient (Wildman–Crippen LogP) is 3.31. The lowest BCUT2D eigenvalue weighted by atomic mass is 9.99. The molecule has 2 heterocycles. The van der Waals surface area contributed by atoms with Gasteiger partial charge in [0, 0.05) is 13.0 Å². The number of hydrogen-bond donors (Lipinski definition) is 1. The van der Waals surface area contributed by atoms with Gasteiger partial charge in [0.2, 0.25) is 0 Å². The maximum atomic E-state index is 13.2. The molecule has 0 spiro atoms. The van der Waals surface area contributed by atoms with Gasteiger partial charge in [0.05, 0.1) is 6.26 Å². The molecule has 0 radical (unpaired) electrons. The van der Waals surface area contributed by atoms with Gasteiger partial charge in [0.1, 0.15) is 23.0 Å². The number of aliphatic carboxylic acids is 1. The molecule has 0 aliphatic carbocycles. The normalized spacial score (nSPS) is 17.4. The molecule has 0 bridgehead atoms. The third kappa shape index (κ3) is 4.54. The zero-order valence-corrected chi connectivity index (χ0v) is 18.3. The SMILES string of the molecule is Cc1occc1S(=O)(=O)C(C)(Cc1ccccc1OCCN1CCCCC1)C(=O)O. The minimum absolute atomic E-state index is 0.101. The largest absolute Gasteiger partial charge is 0.492 e. The summed E-state index contributed by atoms with van der Waals surface area (Å²) >= 11 is 0. The summed E-state index contributed by atoms with van der Waals surface area (Å²) in [5.74, 6) is -0.721. The fourth-order valence-corrected chi connectivity index (χ4v) is 5.52. The Morgan fingerprint density at radius 2 is 1.90 bits per heavy atom. The Labute approximate surface area is 177 Å². The maximum absolute atomic E-state index is 13.2. The summed E-state index contributed by atoms with van der Waals surface area (Å²) in [6.45, 7) is 6.12. The highest BCUT2D eigenvalue weighted by Crippen LogP contribution is 2.34. The Kier molecular flexibility index (Phi) is 6.88. The number of aryl methyl sites for hydroxylation is 1. The summed E-state index contributed by atoms with van der Waals surface area (Å²) in [6, 6.07) is 8.32. The Balaban J connectivity index is 1.81. The number of likely N-dealkylation sites (tertiary alicyclic amines) is 1. The van der Waals surface area contributed by atoms with Crippen LogP contribution in [0.4, 0.5) is 0 Å². The Hall–Kier alpha value is -2.32. The van der Waals surface area contributed by atoms with E-state index in [-0.39, 0.29) is 17.1 Å². The summed E-state index contributed by atoms with van der Waals surface area (Å²) in [4.78, 5) is 14.4. The molecule has 0 saturated carbocycles. The highest BCUT2D eigenvalue weighted by Gasteiger charge is 2.49. The number of carbonyl (C=O) groups is 1. The van der Waals surface area contributed by atoms with E-state index in [0.29, 0.717) is 17.9 Å². The van der Waals surface area contributed by atoms with Crippen LogP contribution in [0.25, 0.3) is 0 Å². The van der Waals surface area contributed by atoms with Crippen molar-refractivity contribution in [3.63, 3.8) is 0 Å². The van der Waals surface area contributed by atoms with E-state index in [1.807, 2.05) is 0 Å². The lowest BCUT2D eigenvalue weighted by Crippen LogP contribution is -2.45. The van der Waals surface area contributed by atoms with Crippen LogP contribution in [0.3, 0.4) is 0 Å². The van der Waals surface area contributed by atoms with Gasteiger partial charge in [-0.3, -0.25) is 9.69 Å². The first-order chi connectivity index (χ1) is 14.3. The fraction of sp³-hybridized carbons (Fsp3) is 0.500. The van der Waals surface area contributed by atoms with E-state index in [4.69, 9.17) is 9.15 Å². The molecule has 1 aliphatic heterocycles. The molecule has 3 rings (SSSR count). The maximum Gasteiger partial charge on any atom is 0.325 e. The van der Waals surface area contributed by atoms with Gasteiger partial charge in [0.25, 0.3) is 0 Å². The monoisotopic (exact) mass is 435 g/mol. The highest BCUT2D eigenvalue weighted by molar-refractivity contribution is 7.93. The van der Waals surface area contributed by atoms with Crippen LogP contribution in [0.1, 0.15) is 37.5 Å². The van der Waals surface area contributed by atoms with Crippen LogP contribution in [-0.2, 0) is 21.1 Å². The number of rotatable bonds is 9. The van der Waals surface area contributed by atoms with Crippen molar-refractivity contribution in [1.82, 2.24) is 4.90 Å². The minimum atomic E-state index is -4.20. The zero-order chi connectivity index (χ0) is 21.8. The number of para-hydroxylation sites is 1. The molecule has 1 aromatic carbocycles. The van der Waals surface area contributed by atoms with Crippen molar-refractivity contribution >= 4 is 15.8 Å². The first-order valence-electron chi connectivity index (χ1n) is 10.2. The second-order valence-corrected chi connectivity index (χ2v) is 10.3. The first-order valence-corrected chi connectivity index (χ1v) is 11.7. The molecule has 164 valence electrons. The van der Waals surface area contributed by atoms with E-state index in [0.717, 1.165) is 19.6 Å². The summed E-state index contributed by atoms with van der Waals surface area (Å²) in [7, 11) is -4.20. The smallest absolute Gasteiger partial charge is 0.325 e. The quantitative estimate of drug-likeness (QED) is 0.645. The van der Waals surface area contributed by atoms with E-state index in [2.05, 4.69) is 4.90 Å². The highest BCUT2D eigenvalue weighted by atomic mass is 32.2. The van der Waals surface area contributed by atoms with Gasteiger partial charge in [-0.25, -0.2) is 8.42 Å². The molecule has 1 fully saturated rings. The topological polar surface area (TPSA) is 97.1 Å². The molecular formula is C22H29NO6S. The molecule has 1 aliphatic rings. The van der Waals surface area contributed by atoms with Crippen LogP contribution < -0.4 is 4.74 Å². The third-order valence-electron chi connectivity index (χ3n) is 5.76. The molecule has 7 nitrogen and oxygen atoms in total. The van der Waals surface area contributed by atoms with E-state index in [1.54, 1.807) is 24.3 Å². The minimum Gasteiger partial charge on any atom is -0.492 e. The molecule has 1 atom stereocenters. The van der Waals surface area contributed by atoms with Gasteiger partial charge >= 0.3 is 5.97 Å². The van der Waals surface area contributed by atoms with Crippen LogP contribution in [-0.4, -0.2) is 55.4 Å². The van der Waals surface area contributed by atoms with Gasteiger partial charge in [-0.2, -0.15) is 0 Å². The van der Waals surface area contributed by atoms with Gasteiger partial charge in [-0.15, -0.1) is 0 Å². The number of piperidine rings is 1. The van der Waals surface area contributed by atoms with Crippen LogP contribution in [0.2, 0.25) is 0 Å². The van der Waals surface area contributed by atoms with Gasteiger partial charge in [-0.1, -0.05) is 24.6 Å². The number of ether oxygens (including phenoxy) is 1. The van der Waals surface area contributed by atoms with Gasteiger partial charge < -0.3 is 14.3 Å². The third-order valence-corrected chi connectivity index (χ3v) is 8.27. The molecule has 1 aromatic heterocycles. The van der Waals surface area contributed by atoms with Crippen LogP contribution in [0.15, 0.2) is 45.9 Å². The van der Waals surface area contributed by atoms with Crippen molar-refractivity contribution in [1.29, 1.82) is 0 Å². The molecule has 30 heavy (non-hydrogen) atoms. The summed E-state index contributed by atoms with van der Waals surface area (Å²) in [5.41, 5.74) is 0.547. The summed E-state index contributed by atoms with van der Waals surface area (Å²) in [6.07, 6.45) is 4.69. The second kappa shape index (κ2) is 9.22. The molecule has 1 N–H and O–H groups in total.